The fraction of sp³-hybridized carbons (Fsp3) is 0.412. The van der Waals surface area contributed by atoms with Crippen molar-refractivity contribution in [2.24, 2.45) is 17.8 Å². The van der Waals surface area contributed by atoms with Gasteiger partial charge in [-0.25, -0.2) is 0 Å². The summed E-state index contributed by atoms with van der Waals surface area (Å²) in [7, 11) is 0. The number of fused-ring (bicyclic) bond motifs is 2. The van der Waals surface area contributed by atoms with Crippen molar-refractivity contribution >= 4 is 23.5 Å². The molecule has 1 saturated carbocycles. The molecule has 1 fully saturated rings. The van der Waals surface area contributed by atoms with Crippen LogP contribution in [-0.4, -0.2) is 18.5 Å². The third-order valence-corrected chi connectivity index (χ3v) is 4.54. The summed E-state index contributed by atoms with van der Waals surface area (Å²) in [6, 6.07) is 7.26. The Morgan fingerprint density at radius 3 is 2.82 bits per heavy atom. The van der Waals surface area contributed by atoms with Crippen molar-refractivity contribution in [2.75, 3.05) is 6.61 Å². The Morgan fingerprint density at radius 1 is 1.27 bits per heavy atom. The van der Waals surface area contributed by atoms with E-state index in [2.05, 4.69) is 17.5 Å². The van der Waals surface area contributed by atoms with Gasteiger partial charge < -0.3 is 10.1 Å². The van der Waals surface area contributed by atoms with E-state index in [0.717, 1.165) is 18.4 Å². The average Bonchev–Trinajstić information content (AvgIpc) is 3.13. The summed E-state index contributed by atoms with van der Waals surface area (Å²) in [5.74, 6) is 0.184. The number of esters is 1. The van der Waals surface area contributed by atoms with Gasteiger partial charge in [0.15, 0.2) is 6.61 Å². The lowest BCUT2D eigenvalue weighted by Gasteiger charge is -2.16. The van der Waals surface area contributed by atoms with Gasteiger partial charge in [0.1, 0.15) is 0 Å². The summed E-state index contributed by atoms with van der Waals surface area (Å²) in [6.07, 6.45) is 6.16. The summed E-state index contributed by atoms with van der Waals surface area (Å²) < 4.78 is 5.14. The van der Waals surface area contributed by atoms with E-state index in [1.165, 1.54) is 0 Å². The van der Waals surface area contributed by atoms with Gasteiger partial charge in [0.05, 0.1) is 5.92 Å². The maximum absolute atomic E-state index is 12.0. The number of carbonyl (C=O) groups is 2. The summed E-state index contributed by atoms with van der Waals surface area (Å²) in [5, 5.41) is 3.34. The maximum Gasteiger partial charge on any atom is 0.310 e. The minimum absolute atomic E-state index is 0.0734. The minimum Gasteiger partial charge on any atom is -0.455 e. The molecule has 22 heavy (non-hydrogen) atoms. The Labute approximate surface area is 134 Å². The molecule has 116 valence electrons. The standard InChI is InChI=1S/C17H18ClNO3/c18-14-3-1-2-12(7-14)9-19-16(20)10-22-17(21)15-8-11-4-5-13(15)6-11/h1-5,7,11,13,15H,6,8-10H2,(H,19,20). The van der Waals surface area contributed by atoms with Crippen LogP contribution in [0.5, 0.6) is 0 Å². The van der Waals surface area contributed by atoms with E-state index in [1.54, 1.807) is 12.1 Å². The summed E-state index contributed by atoms with van der Waals surface area (Å²) in [5.41, 5.74) is 0.908. The molecule has 1 aromatic carbocycles. The zero-order valence-electron chi connectivity index (χ0n) is 12.1. The normalized spacial score (nSPS) is 25.2. The Morgan fingerprint density at radius 2 is 2.14 bits per heavy atom. The van der Waals surface area contributed by atoms with Crippen LogP contribution in [0.4, 0.5) is 0 Å². The van der Waals surface area contributed by atoms with Crippen molar-refractivity contribution in [3.63, 3.8) is 0 Å². The summed E-state index contributed by atoms with van der Waals surface area (Å²) >= 11 is 5.88. The van der Waals surface area contributed by atoms with Gasteiger partial charge >= 0.3 is 5.97 Å². The van der Waals surface area contributed by atoms with Gasteiger partial charge in [-0.15, -0.1) is 0 Å². The second-order valence-corrected chi connectivity index (χ2v) is 6.34. The molecule has 2 aliphatic rings. The first-order valence-corrected chi connectivity index (χ1v) is 7.86. The van der Waals surface area contributed by atoms with Gasteiger partial charge in [0.2, 0.25) is 0 Å². The van der Waals surface area contributed by atoms with E-state index >= 15 is 0 Å². The second-order valence-electron chi connectivity index (χ2n) is 5.90. The number of benzene rings is 1. The molecule has 3 atom stereocenters. The molecule has 0 saturated heterocycles. The van der Waals surface area contributed by atoms with Gasteiger partial charge in [-0.1, -0.05) is 35.9 Å². The fourth-order valence-electron chi connectivity index (χ4n) is 3.19. The Balaban J connectivity index is 1.41. The maximum atomic E-state index is 12.0. The first-order chi connectivity index (χ1) is 10.6. The van der Waals surface area contributed by atoms with Gasteiger partial charge in [0, 0.05) is 11.6 Å². The van der Waals surface area contributed by atoms with Crippen LogP contribution in [0, 0.1) is 17.8 Å². The molecule has 4 nitrogen and oxygen atoms in total. The number of rotatable bonds is 5. The van der Waals surface area contributed by atoms with Crippen LogP contribution < -0.4 is 5.32 Å². The van der Waals surface area contributed by atoms with Crippen molar-refractivity contribution in [2.45, 2.75) is 19.4 Å². The molecule has 0 aromatic heterocycles. The lowest BCUT2D eigenvalue weighted by Crippen LogP contribution is -2.30. The smallest absolute Gasteiger partial charge is 0.310 e. The molecule has 1 aromatic rings. The van der Waals surface area contributed by atoms with E-state index < -0.39 is 0 Å². The molecule has 3 unspecified atom stereocenters. The largest absolute Gasteiger partial charge is 0.455 e. The number of ether oxygens (including phenoxy) is 1. The van der Waals surface area contributed by atoms with Crippen molar-refractivity contribution < 1.29 is 14.3 Å². The summed E-state index contributed by atoms with van der Waals surface area (Å²) in [4.78, 5) is 23.8. The van der Waals surface area contributed by atoms with Crippen molar-refractivity contribution in [1.29, 1.82) is 0 Å². The SMILES string of the molecule is O=C(COC(=O)C1CC2C=CC1C2)NCc1cccc(Cl)c1. The fourth-order valence-corrected chi connectivity index (χ4v) is 3.41. The highest BCUT2D eigenvalue weighted by Crippen LogP contribution is 2.43. The average molecular weight is 320 g/mol. The molecule has 1 amide bonds. The number of nitrogens with one attached hydrogen (secondary N) is 1. The van der Waals surface area contributed by atoms with E-state index in [1.807, 2.05) is 12.1 Å². The molecule has 0 heterocycles. The quantitative estimate of drug-likeness (QED) is 0.670. The minimum atomic E-state index is -0.299. The van der Waals surface area contributed by atoms with Crippen LogP contribution in [0.1, 0.15) is 18.4 Å². The number of allylic oxidation sites excluding steroid dienone is 2. The third kappa shape index (κ3) is 3.50. The van der Waals surface area contributed by atoms with Crippen LogP contribution in [0.3, 0.4) is 0 Å². The lowest BCUT2D eigenvalue weighted by atomic mass is 9.94. The van der Waals surface area contributed by atoms with Crippen molar-refractivity contribution in [1.82, 2.24) is 5.32 Å². The Kier molecular flexibility index (Phi) is 4.48. The monoisotopic (exact) mass is 319 g/mol. The molecular formula is C17H18ClNO3. The summed E-state index contributed by atoms with van der Waals surface area (Å²) in [6.45, 7) is 0.144. The van der Waals surface area contributed by atoms with Crippen LogP contribution >= 0.6 is 11.6 Å². The molecular weight excluding hydrogens is 302 g/mol. The third-order valence-electron chi connectivity index (χ3n) is 4.31. The topological polar surface area (TPSA) is 55.4 Å². The number of hydrogen-bond acceptors (Lipinski definition) is 3. The number of carbonyl (C=O) groups excluding carboxylic acids is 2. The Hall–Kier alpha value is -1.81. The Bertz CT molecular complexity index is 614. The lowest BCUT2D eigenvalue weighted by molar-refractivity contribution is -0.153. The van der Waals surface area contributed by atoms with Gasteiger partial charge in [-0.05, 0) is 42.4 Å². The van der Waals surface area contributed by atoms with E-state index in [9.17, 15) is 9.59 Å². The molecule has 1 N–H and O–H groups in total. The predicted octanol–water partition coefficient (Wildman–Crippen LogP) is 2.71. The highest BCUT2D eigenvalue weighted by Gasteiger charge is 2.40. The highest BCUT2D eigenvalue weighted by atomic mass is 35.5. The molecule has 2 aliphatic carbocycles. The molecule has 2 bridgehead atoms. The zero-order chi connectivity index (χ0) is 15.5. The zero-order valence-corrected chi connectivity index (χ0v) is 12.9. The second kappa shape index (κ2) is 6.53. The van der Waals surface area contributed by atoms with Crippen molar-refractivity contribution in [3.8, 4) is 0 Å². The van der Waals surface area contributed by atoms with Gasteiger partial charge in [-0.2, -0.15) is 0 Å². The first kappa shape index (κ1) is 15.1. The van der Waals surface area contributed by atoms with E-state index in [4.69, 9.17) is 16.3 Å². The molecule has 5 heteroatoms. The van der Waals surface area contributed by atoms with Crippen LogP contribution in [0.25, 0.3) is 0 Å². The number of amides is 1. The predicted molar refractivity (Wildman–Crippen MR) is 83.1 cm³/mol. The molecule has 0 aliphatic heterocycles. The molecule has 3 rings (SSSR count). The van der Waals surface area contributed by atoms with E-state index in [-0.39, 0.29) is 24.4 Å². The first-order valence-electron chi connectivity index (χ1n) is 7.48. The highest BCUT2D eigenvalue weighted by molar-refractivity contribution is 6.30. The van der Waals surface area contributed by atoms with Crippen LogP contribution in [0.2, 0.25) is 5.02 Å². The molecule has 0 spiro atoms. The number of halogens is 1. The van der Waals surface area contributed by atoms with Crippen molar-refractivity contribution in [3.05, 3.63) is 47.0 Å². The van der Waals surface area contributed by atoms with Gasteiger partial charge in [0.25, 0.3) is 5.91 Å². The van der Waals surface area contributed by atoms with E-state index in [0.29, 0.717) is 23.4 Å². The molecule has 0 radical (unpaired) electrons. The van der Waals surface area contributed by atoms with Crippen LogP contribution in [0.15, 0.2) is 36.4 Å². The number of hydrogen-bond donors (Lipinski definition) is 1. The van der Waals surface area contributed by atoms with Crippen LogP contribution in [-0.2, 0) is 20.9 Å². The van der Waals surface area contributed by atoms with Gasteiger partial charge in [-0.3, -0.25) is 9.59 Å².